The number of hydrogen-bond donors (Lipinski definition) is 1. The minimum Gasteiger partial charge on any atom is -0.326 e. The first kappa shape index (κ1) is 11.9. The molecule has 0 bridgehead atoms. The van der Waals surface area contributed by atoms with Gasteiger partial charge in [0.05, 0.1) is 12.7 Å². The van der Waals surface area contributed by atoms with E-state index in [9.17, 15) is 4.79 Å². The van der Waals surface area contributed by atoms with Crippen LogP contribution in [0.5, 0.6) is 0 Å². The average molecular weight is 224 g/mol. The van der Waals surface area contributed by atoms with Crippen LogP contribution in [0.25, 0.3) is 0 Å². The average Bonchev–Trinajstić information content (AvgIpc) is 2.83. The Kier molecular flexibility index (Phi) is 3.85. The van der Waals surface area contributed by atoms with Gasteiger partial charge in [0.1, 0.15) is 0 Å². The van der Waals surface area contributed by atoms with E-state index in [0.717, 1.165) is 25.4 Å². The van der Waals surface area contributed by atoms with Crippen molar-refractivity contribution in [1.82, 2.24) is 10.2 Å². The normalized spacial score (nSPS) is 35.0. The van der Waals surface area contributed by atoms with E-state index in [1.807, 2.05) is 0 Å². The fourth-order valence-electron chi connectivity index (χ4n) is 2.98. The maximum atomic E-state index is 12.2. The minimum absolute atomic E-state index is 0.107. The molecule has 0 aromatic carbocycles. The number of carbonyl (C=O) groups excluding carboxylic acids is 1. The first-order chi connectivity index (χ1) is 7.72. The number of rotatable bonds is 4. The Morgan fingerprint density at radius 1 is 1.44 bits per heavy atom. The lowest BCUT2D eigenvalue weighted by atomic mass is 10.1. The number of hydrogen-bond acceptors (Lipinski definition) is 2. The van der Waals surface area contributed by atoms with Crippen molar-refractivity contribution in [1.29, 1.82) is 0 Å². The van der Waals surface area contributed by atoms with Gasteiger partial charge in [-0.15, -0.1) is 0 Å². The monoisotopic (exact) mass is 224 g/mol. The number of amides is 1. The topological polar surface area (TPSA) is 32.3 Å². The Labute approximate surface area is 98.6 Å². The molecule has 2 rings (SSSR count). The zero-order chi connectivity index (χ0) is 11.5. The van der Waals surface area contributed by atoms with Gasteiger partial charge in [0.2, 0.25) is 5.91 Å². The summed E-state index contributed by atoms with van der Waals surface area (Å²) in [4.78, 5) is 14.3. The van der Waals surface area contributed by atoms with Crippen molar-refractivity contribution in [3.8, 4) is 0 Å². The second kappa shape index (κ2) is 5.17. The molecule has 1 heterocycles. The summed E-state index contributed by atoms with van der Waals surface area (Å²) < 4.78 is 0. The van der Waals surface area contributed by atoms with Gasteiger partial charge < -0.3 is 4.90 Å². The van der Waals surface area contributed by atoms with Crippen LogP contribution in [-0.4, -0.2) is 29.6 Å². The molecule has 1 amide bonds. The summed E-state index contributed by atoms with van der Waals surface area (Å²) in [5.41, 5.74) is 0. The third kappa shape index (κ3) is 2.40. The minimum atomic E-state index is 0.107. The van der Waals surface area contributed by atoms with Crippen molar-refractivity contribution < 1.29 is 4.79 Å². The smallest absolute Gasteiger partial charge is 0.241 e. The number of nitrogens with one attached hydrogen (secondary N) is 1. The molecule has 0 aromatic heterocycles. The van der Waals surface area contributed by atoms with Gasteiger partial charge in [-0.1, -0.05) is 26.7 Å². The molecule has 0 radical (unpaired) electrons. The molecule has 3 heteroatoms. The Hall–Kier alpha value is -0.570. The van der Waals surface area contributed by atoms with Crippen LogP contribution < -0.4 is 5.32 Å². The first-order valence-electron chi connectivity index (χ1n) is 6.76. The van der Waals surface area contributed by atoms with Gasteiger partial charge in [-0.25, -0.2) is 0 Å². The summed E-state index contributed by atoms with van der Waals surface area (Å²) >= 11 is 0. The molecule has 3 unspecified atom stereocenters. The van der Waals surface area contributed by atoms with Crippen molar-refractivity contribution in [2.24, 2.45) is 5.92 Å². The predicted molar refractivity (Wildman–Crippen MR) is 65.0 cm³/mol. The van der Waals surface area contributed by atoms with Gasteiger partial charge >= 0.3 is 0 Å². The molecule has 3 atom stereocenters. The van der Waals surface area contributed by atoms with Crippen molar-refractivity contribution in [2.75, 3.05) is 6.67 Å². The van der Waals surface area contributed by atoms with Crippen molar-refractivity contribution in [3.05, 3.63) is 0 Å². The van der Waals surface area contributed by atoms with Crippen LogP contribution in [0.15, 0.2) is 0 Å². The van der Waals surface area contributed by atoms with E-state index in [2.05, 4.69) is 24.1 Å². The summed E-state index contributed by atoms with van der Waals surface area (Å²) in [6.45, 7) is 5.25. The number of nitrogens with zero attached hydrogens (tertiary/aromatic N) is 1. The standard InChI is InChI=1S/C13H24N2O/c1-3-4-5-12-13(16)15(9-14-12)11-7-6-10(2)8-11/h10-12,14H,3-9H2,1-2H3. The van der Waals surface area contributed by atoms with Gasteiger partial charge in [-0.05, 0) is 31.6 Å². The third-order valence-corrected chi connectivity index (χ3v) is 4.04. The second-order valence-corrected chi connectivity index (χ2v) is 5.44. The van der Waals surface area contributed by atoms with Gasteiger partial charge in [0.15, 0.2) is 0 Å². The highest BCUT2D eigenvalue weighted by Crippen LogP contribution is 2.30. The lowest BCUT2D eigenvalue weighted by molar-refractivity contribution is -0.130. The van der Waals surface area contributed by atoms with E-state index in [1.165, 1.54) is 25.7 Å². The Bertz CT molecular complexity index is 254. The molecule has 0 aromatic rings. The van der Waals surface area contributed by atoms with Crippen LogP contribution in [0.2, 0.25) is 0 Å². The van der Waals surface area contributed by atoms with Gasteiger partial charge in [0.25, 0.3) is 0 Å². The van der Waals surface area contributed by atoms with E-state index >= 15 is 0 Å². The molecule has 1 aliphatic heterocycles. The molecular weight excluding hydrogens is 200 g/mol. The van der Waals surface area contributed by atoms with Crippen molar-refractivity contribution >= 4 is 5.91 Å². The largest absolute Gasteiger partial charge is 0.326 e. The quantitative estimate of drug-likeness (QED) is 0.793. The van der Waals surface area contributed by atoms with Crippen molar-refractivity contribution in [3.63, 3.8) is 0 Å². The maximum absolute atomic E-state index is 12.2. The summed E-state index contributed by atoms with van der Waals surface area (Å²) in [7, 11) is 0. The molecule has 3 nitrogen and oxygen atoms in total. The zero-order valence-corrected chi connectivity index (χ0v) is 10.5. The van der Waals surface area contributed by atoms with Gasteiger partial charge in [-0.3, -0.25) is 10.1 Å². The second-order valence-electron chi connectivity index (χ2n) is 5.44. The van der Waals surface area contributed by atoms with Crippen LogP contribution in [0, 0.1) is 5.92 Å². The highest BCUT2D eigenvalue weighted by molar-refractivity contribution is 5.84. The van der Waals surface area contributed by atoms with Crippen molar-refractivity contribution in [2.45, 2.75) is 64.5 Å². The Balaban J connectivity index is 1.86. The third-order valence-electron chi connectivity index (χ3n) is 4.04. The highest BCUT2D eigenvalue weighted by atomic mass is 16.2. The van der Waals surface area contributed by atoms with E-state index in [4.69, 9.17) is 0 Å². The molecule has 2 aliphatic rings. The zero-order valence-electron chi connectivity index (χ0n) is 10.5. The molecule has 0 spiro atoms. The maximum Gasteiger partial charge on any atom is 0.241 e. The predicted octanol–water partition coefficient (Wildman–Crippen LogP) is 2.12. The van der Waals surface area contributed by atoms with E-state index in [0.29, 0.717) is 11.9 Å². The molecule has 1 saturated heterocycles. The fourth-order valence-corrected chi connectivity index (χ4v) is 2.98. The molecule has 1 N–H and O–H groups in total. The number of carbonyl (C=O) groups is 1. The first-order valence-corrected chi connectivity index (χ1v) is 6.76. The number of unbranched alkanes of at least 4 members (excludes halogenated alkanes) is 1. The summed E-state index contributed by atoms with van der Waals surface area (Å²) in [5.74, 6) is 1.15. The lowest BCUT2D eigenvalue weighted by Gasteiger charge is -2.23. The van der Waals surface area contributed by atoms with Crippen LogP contribution in [0.3, 0.4) is 0 Å². The Morgan fingerprint density at radius 2 is 2.25 bits per heavy atom. The molecule has 16 heavy (non-hydrogen) atoms. The van der Waals surface area contributed by atoms with E-state index in [-0.39, 0.29) is 6.04 Å². The molecule has 1 saturated carbocycles. The van der Waals surface area contributed by atoms with Crippen LogP contribution in [0.4, 0.5) is 0 Å². The summed E-state index contributed by atoms with van der Waals surface area (Å²) in [6, 6.07) is 0.623. The SMILES string of the molecule is CCCCC1NCN(C2CCC(C)C2)C1=O. The lowest BCUT2D eigenvalue weighted by Crippen LogP contribution is -2.37. The van der Waals surface area contributed by atoms with E-state index < -0.39 is 0 Å². The van der Waals surface area contributed by atoms with E-state index in [1.54, 1.807) is 0 Å². The Morgan fingerprint density at radius 3 is 2.88 bits per heavy atom. The summed E-state index contributed by atoms with van der Waals surface area (Å²) in [6.07, 6.45) is 7.02. The molecule has 2 fully saturated rings. The summed E-state index contributed by atoms with van der Waals surface area (Å²) in [5, 5.41) is 3.36. The van der Waals surface area contributed by atoms with Crippen LogP contribution in [0.1, 0.15) is 52.4 Å². The van der Waals surface area contributed by atoms with Crippen LogP contribution in [-0.2, 0) is 4.79 Å². The molecule has 92 valence electrons. The highest BCUT2D eigenvalue weighted by Gasteiger charge is 2.37. The molecule has 1 aliphatic carbocycles. The van der Waals surface area contributed by atoms with Gasteiger partial charge in [-0.2, -0.15) is 0 Å². The molecular formula is C13H24N2O. The van der Waals surface area contributed by atoms with Crippen LogP contribution >= 0.6 is 0 Å². The fraction of sp³-hybridized carbons (Fsp3) is 0.923. The van der Waals surface area contributed by atoms with Gasteiger partial charge in [0, 0.05) is 6.04 Å².